The first kappa shape index (κ1) is 13.9. The Balaban J connectivity index is 2.06. The molecule has 0 bridgehead atoms. The smallest absolute Gasteiger partial charge is 0.304 e. The summed E-state index contributed by atoms with van der Waals surface area (Å²) in [5, 5.41) is 8.89. The van der Waals surface area contributed by atoms with Crippen LogP contribution < -0.4 is 0 Å². The molecule has 5 heteroatoms. The number of likely N-dealkylation sites (tertiary alicyclic amines) is 1. The van der Waals surface area contributed by atoms with Crippen LogP contribution in [0.1, 0.15) is 31.2 Å². The Kier molecular flexibility index (Phi) is 4.47. The zero-order chi connectivity index (χ0) is 13.8. The van der Waals surface area contributed by atoms with E-state index >= 15 is 0 Å². The van der Waals surface area contributed by atoms with Gasteiger partial charge in [-0.15, -0.1) is 0 Å². The number of rotatable bonds is 4. The van der Waals surface area contributed by atoms with Gasteiger partial charge in [-0.2, -0.15) is 0 Å². The van der Waals surface area contributed by atoms with Gasteiger partial charge >= 0.3 is 5.97 Å². The molecule has 1 saturated heterocycles. The van der Waals surface area contributed by atoms with E-state index in [1.807, 2.05) is 4.90 Å². The Labute approximate surface area is 110 Å². The van der Waals surface area contributed by atoms with Crippen molar-refractivity contribution in [2.45, 2.75) is 38.3 Å². The summed E-state index contributed by atoms with van der Waals surface area (Å²) in [6.45, 7) is 1.27. The zero-order valence-corrected chi connectivity index (χ0v) is 10.6. The summed E-state index contributed by atoms with van der Waals surface area (Å²) in [6, 6.07) is 3.83. The second-order valence-corrected chi connectivity index (χ2v) is 4.97. The number of halogens is 2. The summed E-state index contributed by atoms with van der Waals surface area (Å²) in [5.74, 6) is -2.53. The lowest BCUT2D eigenvalue weighted by atomic mass is 9.98. The molecule has 1 atom stereocenters. The number of aliphatic carboxylic acids is 1. The molecule has 1 aromatic rings. The standard InChI is InChI=1S/C14H17F2NO2/c15-12-5-4-10(7-13(12)16)9-17-6-2-1-3-11(17)8-14(18)19/h4-5,7,11H,1-3,6,8-9H2,(H,18,19). The molecule has 104 valence electrons. The summed E-state index contributed by atoms with van der Waals surface area (Å²) in [6.07, 6.45) is 2.98. The van der Waals surface area contributed by atoms with Gasteiger partial charge in [0, 0.05) is 12.6 Å². The molecule has 1 fully saturated rings. The number of carboxylic acid groups (broad SMARTS) is 1. The monoisotopic (exact) mass is 269 g/mol. The maximum Gasteiger partial charge on any atom is 0.304 e. The Bertz CT molecular complexity index is 465. The average molecular weight is 269 g/mol. The Morgan fingerprint density at radius 2 is 2.11 bits per heavy atom. The number of benzene rings is 1. The summed E-state index contributed by atoms with van der Waals surface area (Å²) >= 11 is 0. The molecule has 1 N–H and O–H groups in total. The first-order valence-electron chi connectivity index (χ1n) is 6.46. The molecule has 2 rings (SSSR count). The summed E-state index contributed by atoms with van der Waals surface area (Å²) < 4.78 is 26.0. The third-order valence-corrected chi connectivity index (χ3v) is 3.53. The lowest BCUT2D eigenvalue weighted by Gasteiger charge is -2.34. The molecular formula is C14H17F2NO2. The molecule has 1 unspecified atom stereocenters. The SMILES string of the molecule is O=C(O)CC1CCCCN1Cc1ccc(F)c(F)c1. The fourth-order valence-corrected chi connectivity index (χ4v) is 2.57. The van der Waals surface area contributed by atoms with Crippen LogP contribution in [-0.2, 0) is 11.3 Å². The van der Waals surface area contributed by atoms with Crippen molar-refractivity contribution in [1.29, 1.82) is 0 Å². The minimum Gasteiger partial charge on any atom is -0.481 e. The number of carbonyl (C=O) groups is 1. The van der Waals surface area contributed by atoms with Crippen LogP contribution in [0.2, 0.25) is 0 Å². The minimum atomic E-state index is -0.857. The zero-order valence-electron chi connectivity index (χ0n) is 10.6. The van der Waals surface area contributed by atoms with E-state index in [9.17, 15) is 13.6 Å². The minimum absolute atomic E-state index is 0.0145. The molecule has 0 aliphatic carbocycles. The molecule has 3 nitrogen and oxygen atoms in total. The van der Waals surface area contributed by atoms with Crippen LogP contribution in [0.3, 0.4) is 0 Å². The van der Waals surface area contributed by atoms with Gasteiger partial charge in [0.25, 0.3) is 0 Å². The summed E-state index contributed by atoms with van der Waals surface area (Å²) in [4.78, 5) is 12.9. The predicted molar refractivity (Wildman–Crippen MR) is 66.7 cm³/mol. The van der Waals surface area contributed by atoms with Gasteiger partial charge in [-0.1, -0.05) is 12.5 Å². The van der Waals surface area contributed by atoms with Gasteiger partial charge in [0.1, 0.15) is 0 Å². The highest BCUT2D eigenvalue weighted by molar-refractivity contribution is 5.67. The average Bonchev–Trinajstić information content (AvgIpc) is 2.36. The normalized spacial score (nSPS) is 20.4. The van der Waals surface area contributed by atoms with Crippen molar-refractivity contribution < 1.29 is 18.7 Å². The van der Waals surface area contributed by atoms with Crippen LogP contribution in [-0.4, -0.2) is 28.6 Å². The van der Waals surface area contributed by atoms with Gasteiger partial charge in [0.2, 0.25) is 0 Å². The number of nitrogens with zero attached hydrogens (tertiary/aromatic N) is 1. The van der Waals surface area contributed by atoms with Crippen molar-refractivity contribution in [1.82, 2.24) is 4.90 Å². The van der Waals surface area contributed by atoms with Gasteiger partial charge in [-0.05, 0) is 37.1 Å². The molecule has 19 heavy (non-hydrogen) atoms. The Morgan fingerprint density at radius 1 is 1.32 bits per heavy atom. The molecule has 1 heterocycles. The number of hydrogen-bond donors (Lipinski definition) is 1. The van der Waals surface area contributed by atoms with E-state index in [1.54, 1.807) is 6.07 Å². The molecule has 1 aliphatic rings. The van der Waals surface area contributed by atoms with E-state index in [0.717, 1.165) is 31.9 Å². The van der Waals surface area contributed by atoms with Crippen LogP contribution in [0.25, 0.3) is 0 Å². The van der Waals surface area contributed by atoms with Crippen molar-refractivity contribution in [3.8, 4) is 0 Å². The van der Waals surface area contributed by atoms with Crippen molar-refractivity contribution >= 4 is 5.97 Å². The molecule has 0 saturated carbocycles. The van der Waals surface area contributed by atoms with Crippen LogP contribution in [0.5, 0.6) is 0 Å². The summed E-state index contributed by atoms with van der Waals surface area (Å²) in [7, 11) is 0. The van der Waals surface area contributed by atoms with Crippen molar-refractivity contribution in [3.05, 3.63) is 35.4 Å². The number of carboxylic acids is 1. The maximum atomic E-state index is 13.2. The number of hydrogen-bond acceptors (Lipinski definition) is 2. The van der Waals surface area contributed by atoms with E-state index in [-0.39, 0.29) is 12.5 Å². The predicted octanol–water partition coefficient (Wildman–Crippen LogP) is 2.79. The summed E-state index contributed by atoms with van der Waals surface area (Å²) in [5.41, 5.74) is 0.677. The molecule has 0 spiro atoms. The highest BCUT2D eigenvalue weighted by Gasteiger charge is 2.24. The molecule has 1 aromatic carbocycles. The quantitative estimate of drug-likeness (QED) is 0.913. The first-order chi connectivity index (χ1) is 9.06. The molecule has 1 aliphatic heterocycles. The van der Waals surface area contributed by atoms with Gasteiger partial charge in [0.15, 0.2) is 11.6 Å². The number of piperidine rings is 1. The topological polar surface area (TPSA) is 40.5 Å². The second-order valence-electron chi connectivity index (χ2n) is 4.97. The molecule has 0 amide bonds. The highest BCUT2D eigenvalue weighted by Crippen LogP contribution is 2.22. The fourth-order valence-electron chi connectivity index (χ4n) is 2.57. The maximum absolute atomic E-state index is 13.2. The third kappa shape index (κ3) is 3.73. The Hall–Kier alpha value is -1.49. The van der Waals surface area contributed by atoms with E-state index in [0.29, 0.717) is 12.1 Å². The van der Waals surface area contributed by atoms with E-state index in [1.165, 1.54) is 6.07 Å². The van der Waals surface area contributed by atoms with Crippen molar-refractivity contribution in [2.24, 2.45) is 0 Å². The Morgan fingerprint density at radius 3 is 2.79 bits per heavy atom. The first-order valence-corrected chi connectivity index (χ1v) is 6.46. The van der Waals surface area contributed by atoms with Gasteiger partial charge in [-0.3, -0.25) is 9.69 Å². The molecule has 0 radical (unpaired) electrons. The largest absolute Gasteiger partial charge is 0.481 e. The van der Waals surface area contributed by atoms with Crippen LogP contribution in [0.4, 0.5) is 8.78 Å². The van der Waals surface area contributed by atoms with E-state index in [2.05, 4.69) is 0 Å². The highest BCUT2D eigenvalue weighted by atomic mass is 19.2. The lowest BCUT2D eigenvalue weighted by Crippen LogP contribution is -2.40. The van der Waals surface area contributed by atoms with Crippen molar-refractivity contribution in [2.75, 3.05) is 6.54 Å². The molecule has 0 aromatic heterocycles. The van der Waals surface area contributed by atoms with Crippen molar-refractivity contribution in [3.63, 3.8) is 0 Å². The van der Waals surface area contributed by atoms with E-state index < -0.39 is 17.6 Å². The van der Waals surface area contributed by atoms with Gasteiger partial charge < -0.3 is 5.11 Å². The second kappa shape index (κ2) is 6.10. The third-order valence-electron chi connectivity index (χ3n) is 3.53. The van der Waals surface area contributed by atoms with Crippen LogP contribution in [0.15, 0.2) is 18.2 Å². The van der Waals surface area contributed by atoms with Gasteiger partial charge in [0.05, 0.1) is 6.42 Å². The van der Waals surface area contributed by atoms with E-state index in [4.69, 9.17) is 5.11 Å². The van der Waals surface area contributed by atoms with Gasteiger partial charge in [-0.25, -0.2) is 8.78 Å². The fraction of sp³-hybridized carbons (Fsp3) is 0.500. The lowest BCUT2D eigenvalue weighted by molar-refractivity contribution is -0.138. The van der Waals surface area contributed by atoms with Crippen LogP contribution >= 0.6 is 0 Å². The van der Waals surface area contributed by atoms with Crippen LogP contribution in [0, 0.1) is 11.6 Å². The molecular weight excluding hydrogens is 252 g/mol.